The zero-order valence-electron chi connectivity index (χ0n) is 10.3. The molecule has 2 atom stereocenters. The van der Waals surface area contributed by atoms with E-state index in [9.17, 15) is 4.79 Å². The maximum absolute atomic E-state index is 12.2. The highest BCUT2D eigenvalue weighted by molar-refractivity contribution is 5.80. The summed E-state index contributed by atoms with van der Waals surface area (Å²) in [4.78, 5) is 18.0. The van der Waals surface area contributed by atoms with E-state index in [0.717, 1.165) is 26.1 Å². The summed E-state index contributed by atoms with van der Waals surface area (Å²) in [6.07, 6.45) is 4.12. The average Bonchev–Trinajstić information content (AvgIpc) is 2.98. The van der Waals surface area contributed by atoms with Gasteiger partial charge in [-0.05, 0) is 32.9 Å². The van der Waals surface area contributed by atoms with E-state index in [-0.39, 0.29) is 11.9 Å². The van der Waals surface area contributed by atoms with Gasteiger partial charge < -0.3 is 10.2 Å². The molecular formula is C11H19N5O. The van der Waals surface area contributed by atoms with Gasteiger partial charge >= 0.3 is 0 Å². The SMILES string of the molecule is CNCC1CCN(C(=O)C(C)n2cncn2)C1. The molecule has 1 aromatic rings. The van der Waals surface area contributed by atoms with Crippen LogP contribution in [0.5, 0.6) is 0 Å². The quantitative estimate of drug-likeness (QED) is 0.795. The molecule has 0 aliphatic carbocycles. The van der Waals surface area contributed by atoms with Gasteiger partial charge in [-0.2, -0.15) is 5.10 Å². The highest BCUT2D eigenvalue weighted by Gasteiger charge is 2.29. The van der Waals surface area contributed by atoms with Crippen molar-refractivity contribution in [1.82, 2.24) is 25.0 Å². The molecular weight excluding hydrogens is 218 g/mol. The number of carbonyl (C=O) groups is 1. The molecule has 0 spiro atoms. The molecule has 1 amide bonds. The van der Waals surface area contributed by atoms with E-state index in [2.05, 4.69) is 15.4 Å². The molecule has 2 heterocycles. The number of nitrogens with one attached hydrogen (secondary N) is 1. The third kappa shape index (κ3) is 2.63. The second-order valence-electron chi connectivity index (χ2n) is 4.55. The second kappa shape index (κ2) is 5.27. The number of likely N-dealkylation sites (tertiary alicyclic amines) is 1. The van der Waals surface area contributed by atoms with Crippen LogP contribution >= 0.6 is 0 Å². The summed E-state index contributed by atoms with van der Waals surface area (Å²) < 4.78 is 1.60. The number of aromatic nitrogens is 3. The maximum Gasteiger partial charge on any atom is 0.247 e. The molecule has 1 aromatic heterocycles. The van der Waals surface area contributed by atoms with E-state index < -0.39 is 0 Å². The smallest absolute Gasteiger partial charge is 0.247 e. The number of hydrogen-bond acceptors (Lipinski definition) is 4. The van der Waals surface area contributed by atoms with Crippen molar-refractivity contribution in [1.29, 1.82) is 0 Å². The van der Waals surface area contributed by atoms with Crippen LogP contribution in [0, 0.1) is 5.92 Å². The predicted octanol–water partition coefficient (Wildman–Crippen LogP) is -0.0930. The molecule has 0 saturated carbocycles. The van der Waals surface area contributed by atoms with Crippen LogP contribution in [0.15, 0.2) is 12.7 Å². The molecule has 6 heteroatoms. The third-order valence-electron chi connectivity index (χ3n) is 3.28. The Hall–Kier alpha value is -1.43. The molecule has 1 saturated heterocycles. The van der Waals surface area contributed by atoms with Crippen molar-refractivity contribution in [3.05, 3.63) is 12.7 Å². The van der Waals surface area contributed by atoms with Crippen molar-refractivity contribution in [3.63, 3.8) is 0 Å². The van der Waals surface area contributed by atoms with Crippen LogP contribution in [0.2, 0.25) is 0 Å². The van der Waals surface area contributed by atoms with E-state index in [4.69, 9.17) is 0 Å². The summed E-state index contributed by atoms with van der Waals surface area (Å²) in [5.74, 6) is 0.709. The number of rotatable bonds is 4. The standard InChI is InChI=1S/C11H19N5O/c1-9(16-8-13-7-14-16)11(17)15-4-3-10(6-15)5-12-2/h7-10,12H,3-6H2,1-2H3. The van der Waals surface area contributed by atoms with Crippen molar-refractivity contribution in [2.45, 2.75) is 19.4 Å². The monoisotopic (exact) mass is 237 g/mol. The van der Waals surface area contributed by atoms with Gasteiger partial charge in [0.15, 0.2) is 0 Å². The molecule has 1 N–H and O–H groups in total. The van der Waals surface area contributed by atoms with Gasteiger partial charge in [0, 0.05) is 13.1 Å². The largest absolute Gasteiger partial charge is 0.341 e. The summed E-state index contributed by atoms with van der Waals surface area (Å²) in [5, 5.41) is 7.17. The Morgan fingerprint density at radius 3 is 3.12 bits per heavy atom. The minimum absolute atomic E-state index is 0.133. The summed E-state index contributed by atoms with van der Waals surface area (Å²) >= 11 is 0. The van der Waals surface area contributed by atoms with Crippen LogP contribution in [-0.2, 0) is 4.79 Å². The van der Waals surface area contributed by atoms with Crippen molar-refractivity contribution in [2.75, 3.05) is 26.7 Å². The number of nitrogens with zero attached hydrogens (tertiary/aromatic N) is 4. The first kappa shape index (κ1) is 12.0. The molecule has 1 aliphatic heterocycles. The van der Waals surface area contributed by atoms with Gasteiger partial charge in [0.25, 0.3) is 0 Å². The first-order valence-electron chi connectivity index (χ1n) is 6.00. The van der Waals surface area contributed by atoms with Crippen LogP contribution in [0.1, 0.15) is 19.4 Å². The number of carbonyl (C=O) groups excluding carboxylic acids is 1. The fourth-order valence-electron chi connectivity index (χ4n) is 2.28. The van der Waals surface area contributed by atoms with Crippen LogP contribution in [0.4, 0.5) is 0 Å². The molecule has 1 aliphatic rings. The fourth-order valence-corrected chi connectivity index (χ4v) is 2.28. The van der Waals surface area contributed by atoms with E-state index in [0.29, 0.717) is 5.92 Å². The zero-order chi connectivity index (χ0) is 12.3. The maximum atomic E-state index is 12.2. The van der Waals surface area contributed by atoms with Gasteiger partial charge in [-0.25, -0.2) is 9.67 Å². The number of hydrogen-bond donors (Lipinski definition) is 1. The van der Waals surface area contributed by atoms with Crippen LogP contribution in [0.3, 0.4) is 0 Å². The predicted molar refractivity (Wildman–Crippen MR) is 63.3 cm³/mol. The fraction of sp³-hybridized carbons (Fsp3) is 0.727. The molecule has 2 rings (SSSR count). The van der Waals surface area contributed by atoms with E-state index in [1.54, 1.807) is 11.0 Å². The minimum Gasteiger partial charge on any atom is -0.341 e. The van der Waals surface area contributed by atoms with E-state index in [1.807, 2.05) is 18.9 Å². The Labute approximate surface area is 101 Å². The lowest BCUT2D eigenvalue weighted by atomic mass is 10.1. The molecule has 0 aromatic carbocycles. The molecule has 0 bridgehead atoms. The van der Waals surface area contributed by atoms with Gasteiger partial charge in [0.1, 0.15) is 18.7 Å². The lowest BCUT2D eigenvalue weighted by molar-refractivity contribution is -0.133. The first-order valence-corrected chi connectivity index (χ1v) is 6.00. The molecule has 17 heavy (non-hydrogen) atoms. The Morgan fingerprint density at radius 1 is 1.65 bits per heavy atom. The van der Waals surface area contributed by atoms with Crippen molar-refractivity contribution in [2.24, 2.45) is 5.92 Å². The van der Waals surface area contributed by atoms with Crippen molar-refractivity contribution < 1.29 is 4.79 Å². The van der Waals surface area contributed by atoms with Gasteiger partial charge in [-0.15, -0.1) is 0 Å². The molecule has 0 radical (unpaired) electrons. The molecule has 6 nitrogen and oxygen atoms in total. The molecule has 1 fully saturated rings. The summed E-state index contributed by atoms with van der Waals surface area (Å²) in [5.41, 5.74) is 0. The number of amides is 1. The van der Waals surface area contributed by atoms with Crippen LogP contribution < -0.4 is 5.32 Å². The minimum atomic E-state index is -0.258. The van der Waals surface area contributed by atoms with E-state index in [1.165, 1.54) is 6.33 Å². The second-order valence-corrected chi connectivity index (χ2v) is 4.55. The van der Waals surface area contributed by atoms with Crippen molar-refractivity contribution >= 4 is 5.91 Å². The van der Waals surface area contributed by atoms with Gasteiger partial charge in [0.2, 0.25) is 5.91 Å². The normalized spacial score (nSPS) is 21.8. The highest BCUT2D eigenvalue weighted by atomic mass is 16.2. The topological polar surface area (TPSA) is 63.1 Å². The lowest BCUT2D eigenvalue weighted by Gasteiger charge is -2.20. The van der Waals surface area contributed by atoms with Gasteiger partial charge in [-0.3, -0.25) is 4.79 Å². The molecule has 2 unspecified atom stereocenters. The zero-order valence-corrected chi connectivity index (χ0v) is 10.3. The summed E-state index contributed by atoms with van der Waals surface area (Å²) in [6.45, 7) is 4.53. The van der Waals surface area contributed by atoms with E-state index >= 15 is 0 Å². The Balaban J connectivity index is 1.93. The third-order valence-corrected chi connectivity index (χ3v) is 3.28. The van der Waals surface area contributed by atoms with Crippen LogP contribution in [0.25, 0.3) is 0 Å². The average molecular weight is 237 g/mol. The summed E-state index contributed by atoms with van der Waals surface area (Å²) in [7, 11) is 1.95. The molecule has 94 valence electrons. The highest BCUT2D eigenvalue weighted by Crippen LogP contribution is 2.19. The Kier molecular flexibility index (Phi) is 3.73. The Morgan fingerprint density at radius 2 is 2.47 bits per heavy atom. The van der Waals surface area contributed by atoms with Crippen molar-refractivity contribution in [3.8, 4) is 0 Å². The first-order chi connectivity index (χ1) is 8.22. The Bertz CT molecular complexity index is 364. The van der Waals surface area contributed by atoms with Crippen LogP contribution in [-0.4, -0.2) is 52.3 Å². The summed E-state index contributed by atoms with van der Waals surface area (Å²) in [6, 6.07) is -0.258. The van der Waals surface area contributed by atoms with Gasteiger partial charge in [-0.1, -0.05) is 0 Å². The van der Waals surface area contributed by atoms with Gasteiger partial charge in [0.05, 0.1) is 0 Å². The lowest BCUT2D eigenvalue weighted by Crippen LogP contribution is -2.35.